The molecule has 6 heteroatoms. The molecule has 0 aliphatic carbocycles. The van der Waals surface area contributed by atoms with E-state index in [1.54, 1.807) is 0 Å². The van der Waals surface area contributed by atoms with Gasteiger partial charge in [0.15, 0.2) is 0 Å². The predicted octanol–water partition coefficient (Wildman–Crippen LogP) is 0.276. The molecule has 0 heterocycles. The van der Waals surface area contributed by atoms with E-state index in [1.165, 1.54) is 0 Å². The summed E-state index contributed by atoms with van der Waals surface area (Å²) in [6.07, 6.45) is 0.962. The summed E-state index contributed by atoms with van der Waals surface area (Å²) in [7, 11) is 0. The Morgan fingerprint density at radius 2 is 1.94 bits per heavy atom. The van der Waals surface area contributed by atoms with Gasteiger partial charge in [0.05, 0.1) is 6.04 Å². The smallest absolute Gasteiger partial charge is 0.404 e. The van der Waals surface area contributed by atoms with Crippen LogP contribution in [-0.2, 0) is 4.79 Å². The average Bonchev–Trinajstić information content (AvgIpc) is 2.15. The van der Waals surface area contributed by atoms with Crippen molar-refractivity contribution in [1.29, 1.82) is 0 Å². The molecule has 0 aromatic carbocycles. The molecule has 0 bridgehead atoms. The largest absolute Gasteiger partial charge is 0.465 e. The van der Waals surface area contributed by atoms with Gasteiger partial charge >= 0.3 is 6.09 Å². The van der Waals surface area contributed by atoms with Gasteiger partial charge in [0.1, 0.15) is 0 Å². The molecule has 0 saturated heterocycles. The molecule has 0 aromatic rings. The van der Waals surface area contributed by atoms with Gasteiger partial charge in [-0.1, -0.05) is 0 Å². The Labute approximate surface area is 95.6 Å². The number of rotatable bonds is 7. The molecule has 6 nitrogen and oxygen atoms in total. The van der Waals surface area contributed by atoms with E-state index in [2.05, 4.69) is 10.6 Å². The Hall–Kier alpha value is -1.30. The Kier molecular flexibility index (Phi) is 7.28. The van der Waals surface area contributed by atoms with Crippen LogP contribution in [0.25, 0.3) is 0 Å². The van der Waals surface area contributed by atoms with Gasteiger partial charge in [0.25, 0.3) is 0 Å². The number of unbranched alkanes of at least 4 members (excludes halogenated alkanes) is 1. The Morgan fingerprint density at radius 3 is 2.44 bits per heavy atom. The van der Waals surface area contributed by atoms with Crippen LogP contribution in [-0.4, -0.2) is 35.7 Å². The van der Waals surface area contributed by atoms with Gasteiger partial charge in [-0.05, 0) is 33.1 Å². The van der Waals surface area contributed by atoms with Crippen LogP contribution < -0.4 is 16.4 Å². The number of carbonyl (C=O) groups excluding carboxylic acids is 1. The lowest BCUT2D eigenvalue weighted by Gasteiger charge is -2.14. The van der Waals surface area contributed by atoms with Gasteiger partial charge in [0, 0.05) is 12.6 Å². The molecule has 0 saturated carbocycles. The fourth-order valence-corrected chi connectivity index (χ4v) is 1.21. The van der Waals surface area contributed by atoms with Crippen molar-refractivity contribution in [1.82, 2.24) is 10.6 Å². The molecule has 2 amide bonds. The fraction of sp³-hybridized carbons (Fsp3) is 0.800. The zero-order chi connectivity index (χ0) is 12.6. The molecule has 16 heavy (non-hydrogen) atoms. The highest BCUT2D eigenvalue weighted by atomic mass is 16.4. The van der Waals surface area contributed by atoms with Crippen molar-refractivity contribution in [2.75, 3.05) is 6.54 Å². The Balaban J connectivity index is 3.53. The van der Waals surface area contributed by atoms with Crippen LogP contribution in [0.15, 0.2) is 0 Å². The highest BCUT2D eigenvalue weighted by Crippen LogP contribution is 1.99. The van der Waals surface area contributed by atoms with E-state index in [0.717, 1.165) is 6.42 Å². The molecule has 0 rings (SSSR count). The predicted molar refractivity (Wildman–Crippen MR) is 61.1 cm³/mol. The molecular formula is C10H21N3O3. The van der Waals surface area contributed by atoms with Gasteiger partial charge in [-0.2, -0.15) is 0 Å². The number of amides is 2. The van der Waals surface area contributed by atoms with Crippen LogP contribution in [0.5, 0.6) is 0 Å². The first-order chi connectivity index (χ1) is 7.43. The molecule has 1 atom stereocenters. The number of hydrogen-bond acceptors (Lipinski definition) is 3. The van der Waals surface area contributed by atoms with Gasteiger partial charge in [-0.25, -0.2) is 4.79 Å². The number of nitrogens with one attached hydrogen (secondary N) is 2. The molecule has 1 unspecified atom stereocenters. The van der Waals surface area contributed by atoms with E-state index in [-0.39, 0.29) is 11.9 Å². The van der Waals surface area contributed by atoms with Crippen LogP contribution in [0.3, 0.4) is 0 Å². The molecule has 5 N–H and O–H groups in total. The van der Waals surface area contributed by atoms with Gasteiger partial charge < -0.3 is 21.5 Å². The summed E-state index contributed by atoms with van der Waals surface area (Å²) in [6.45, 7) is 4.15. The lowest BCUT2D eigenvalue weighted by atomic mass is 10.1. The van der Waals surface area contributed by atoms with E-state index in [9.17, 15) is 9.59 Å². The number of carboxylic acid groups (broad SMARTS) is 1. The fourth-order valence-electron chi connectivity index (χ4n) is 1.21. The Morgan fingerprint density at radius 1 is 1.31 bits per heavy atom. The zero-order valence-electron chi connectivity index (χ0n) is 9.82. The molecule has 0 aliphatic heterocycles. The van der Waals surface area contributed by atoms with Crippen LogP contribution in [0.4, 0.5) is 4.79 Å². The second-order valence-corrected chi connectivity index (χ2v) is 4.00. The summed E-state index contributed by atoms with van der Waals surface area (Å²) in [5.74, 6) is -0.152. The van der Waals surface area contributed by atoms with Gasteiger partial charge in [-0.15, -0.1) is 0 Å². The molecule has 94 valence electrons. The van der Waals surface area contributed by atoms with Crippen molar-refractivity contribution in [3.63, 3.8) is 0 Å². The number of hydrogen-bond donors (Lipinski definition) is 4. The summed E-state index contributed by atoms with van der Waals surface area (Å²) < 4.78 is 0. The third-order valence-corrected chi connectivity index (χ3v) is 1.99. The van der Waals surface area contributed by atoms with E-state index in [4.69, 9.17) is 10.8 Å². The first-order valence-corrected chi connectivity index (χ1v) is 5.46. The van der Waals surface area contributed by atoms with Crippen molar-refractivity contribution in [2.45, 2.75) is 45.2 Å². The molecular weight excluding hydrogens is 210 g/mol. The monoisotopic (exact) mass is 231 g/mol. The molecule has 0 aliphatic rings. The van der Waals surface area contributed by atoms with Crippen LogP contribution in [0, 0.1) is 0 Å². The SMILES string of the molecule is CC(C)NC(=O)C(N)CCCCNC(=O)O. The summed E-state index contributed by atoms with van der Waals surface area (Å²) in [6, 6.07) is -0.417. The number of nitrogens with two attached hydrogens (primary N) is 1. The Bertz CT molecular complexity index is 231. The minimum Gasteiger partial charge on any atom is -0.465 e. The maximum atomic E-state index is 11.4. The molecule has 0 aromatic heterocycles. The maximum absolute atomic E-state index is 11.4. The summed E-state index contributed by atoms with van der Waals surface area (Å²) in [5.41, 5.74) is 5.66. The van der Waals surface area contributed by atoms with Crippen LogP contribution in [0.1, 0.15) is 33.1 Å². The highest BCUT2D eigenvalue weighted by molar-refractivity contribution is 5.81. The van der Waals surface area contributed by atoms with Crippen molar-refractivity contribution in [2.24, 2.45) is 5.73 Å². The number of carbonyl (C=O) groups is 2. The third-order valence-electron chi connectivity index (χ3n) is 1.99. The quantitative estimate of drug-likeness (QED) is 0.472. The van der Waals surface area contributed by atoms with E-state index >= 15 is 0 Å². The first-order valence-electron chi connectivity index (χ1n) is 5.46. The topological polar surface area (TPSA) is 104 Å². The zero-order valence-corrected chi connectivity index (χ0v) is 9.82. The second kappa shape index (κ2) is 7.92. The molecule has 0 fully saturated rings. The average molecular weight is 231 g/mol. The molecule has 0 spiro atoms. The van der Waals surface area contributed by atoms with E-state index < -0.39 is 12.1 Å². The lowest BCUT2D eigenvalue weighted by molar-refractivity contribution is -0.123. The minimum atomic E-state index is -1.03. The van der Waals surface area contributed by atoms with Crippen LogP contribution >= 0.6 is 0 Å². The first kappa shape index (κ1) is 14.7. The summed E-state index contributed by atoms with van der Waals surface area (Å²) >= 11 is 0. The van der Waals surface area contributed by atoms with E-state index in [1.807, 2.05) is 13.8 Å². The minimum absolute atomic E-state index is 0.0900. The van der Waals surface area contributed by atoms with Gasteiger partial charge in [-0.3, -0.25) is 4.79 Å². The standard InChI is InChI=1S/C10H21N3O3/c1-7(2)13-9(14)8(11)5-3-4-6-12-10(15)16/h7-8,12H,3-6,11H2,1-2H3,(H,13,14)(H,15,16). The molecule has 0 radical (unpaired) electrons. The van der Waals surface area contributed by atoms with E-state index in [0.29, 0.717) is 19.4 Å². The summed E-state index contributed by atoms with van der Waals surface area (Å²) in [5, 5.41) is 13.3. The van der Waals surface area contributed by atoms with Crippen molar-refractivity contribution < 1.29 is 14.7 Å². The third kappa shape index (κ3) is 8.05. The van der Waals surface area contributed by atoms with Crippen LogP contribution in [0.2, 0.25) is 0 Å². The van der Waals surface area contributed by atoms with Crippen molar-refractivity contribution in [3.05, 3.63) is 0 Å². The lowest BCUT2D eigenvalue weighted by Crippen LogP contribution is -2.43. The second-order valence-electron chi connectivity index (χ2n) is 4.00. The van der Waals surface area contributed by atoms with Crippen molar-refractivity contribution >= 4 is 12.0 Å². The van der Waals surface area contributed by atoms with Gasteiger partial charge in [0.2, 0.25) is 5.91 Å². The van der Waals surface area contributed by atoms with Crippen molar-refractivity contribution in [3.8, 4) is 0 Å². The maximum Gasteiger partial charge on any atom is 0.404 e. The highest BCUT2D eigenvalue weighted by Gasteiger charge is 2.13. The normalized spacial score (nSPS) is 12.2. The summed E-state index contributed by atoms with van der Waals surface area (Å²) in [4.78, 5) is 21.5.